The summed E-state index contributed by atoms with van der Waals surface area (Å²) in [7, 11) is 1.55. The van der Waals surface area contributed by atoms with Gasteiger partial charge in [0.05, 0.1) is 23.5 Å². The van der Waals surface area contributed by atoms with Crippen LogP contribution in [-0.2, 0) is 0 Å². The SMILES string of the molecule is COc1ccccc1NC(=O)c1cc(Nc2c(C)cc(C)cc2Cl)ncn1. The van der Waals surface area contributed by atoms with Crippen LogP contribution in [0.5, 0.6) is 5.75 Å². The number of hydrogen-bond acceptors (Lipinski definition) is 5. The van der Waals surface area contributed by atoms with Crippen molar-refractivity contribution in [1.29, 1.82) is 0 Å². The van der Waals surface area contributed by atoms with Crippen molar-refractivity contribution in [3.63, 3.8) is 0 Å². The van der Waals surface area contributed by atoms with Gasteiger partial charge in [-0.15, -0.1) is 0 Å². The summed E-state index contributed by atoms with van der Waals surface area (Å²) in [6, 6.07) is 12.6. The third-order valence-corrected chi connectivity index (χ3v) is 4.24. The number of nitrogens with zero attached hydrogens (tertiary/aromatic N) is 2. The van der Waals surface area contributed by atoms with Crippen LogP contribution in [-0.4, -0.2) is 23.0 Å². The largest absolute Gasteiger partial charge is 0.495 e. The number of para-hydroxylation sites is 2. The number of carbonyl (C=O) groups excluding carboxylic acids is 1. The van der Waals surface area contributed by atoms with Crippen molar-refractivity contribution in [3.8, 4) is 5.75 Å². The molecule has 3 rings (SSSR count). The first kappa shape index (κ1) is 18.7. The molecule has 2 N–H and O–H groups in total. The molecule has 0 bridgehead atoms. The standard InChI is InChI=1S/C20H19ClN4O2/c1-12-8-13(2)19(14(21)9-12)25-18-10-16(22-11-23-18)20(26)24-15-6-4-5-7-17(15)27-3/h4-11H,1-3H3,(H,24,26)(H,22,23,25). The Morgan fingerprint density at radius 3 is 2.63 bits per heavy atom. The quantitative estimate of drug-likeness (QED) is 0.665. The van der Waals surface area contributed by atoms with Gasteiger partial charge < -0.3 is 15.4 Å². The molecule has 0 aliphatic heterocycles. The van der Waals surface area contributed by atoms with Crippen LogP contribution in [0.2, 0.25) is 5.02 Å². The lowest BCUT2D eigenvalue weighted by Crippen LogP contribution is -2.15. The Bertz CT molecular complexity index is 968. The van der Waals surface area contributed by atoms with Crippen molar-refractivity contribution in [2.24, 2.45) is 0 Å². The molecule has 0 atom stereocenters. The molecule has 3 aromatic rings. The fourth-order valence-electron chi connectivity index (χ4n) is 2.69. The van der Waals surface area contributed by atoms with Gasteiger partial charge in [0.25, 0.3) is 5.91 Å². The number of halogens is 1. The highest BCUT2D eigenvalue weighted by atomic mass is 35.5. The average molecular weight is 383 g/mol. The molecule has 0 spiro atoms. The lowest BCUT2D eigenvalue weighted by molar-refractivity contribution is 0.102. The van der Waals surface area contributed by atoms with Gasteiger partial charge in [0, 0.05) is 6.07 Å². The van der Waals surface area contributed by atoms with E-state index in [9.17, 15) is 4.79 Å². The Balaban J connectivity index is 1.82. The minimum atomic E-state index is -0.364. The topological polar surface area (TPSA) is 76.1 Å². The summed E-state index contributed by atoms with van der Waals surface area (Å²) in [5.74, 6) is 0.682. The molecule has 0 saturated carbocycles. The number of hydrogen-bond donors (Lipinski definition) is 2. The zero-order valence-electron chi connectivity index (χ0n) is 15.2. The molecule has 27 heavy (non-hydrogen) atoms. The predicted octanol–water partition coefficient (Wildman–Crippen LogP) is 4.75. The van der Waals surface area contributed by atoms with Crippen LogP contribution >= 0.6 is 11.6 Å². The second-order valence-corrected chi connectivity index (χ2v) is 6.41. The van der Waals surface area contributed by atoms with Gasteiger partial charge in [0.15, 0.2) is 0 Å². The van der Waals surface area contributed by atoms with Crippen molar-refractivity contribution >= 4 is 34.7 Å². The van der Waals surface area contributed by atoms with Gasteiger partial charge >= 0.3 is 0 Å². The van der Waals surface area contributed by atoms with Crippen LogP contribution < -0.4 is 15.4 Å². The number of methoxy groups -OCH3 is 1. The highest BCUT2D eigenvalue weighted by Gasteiger charge is 2.13. The highest BCUT2D eigenvalue weighted by molar-refractivity contribution is 6.33. The molecule has 138 valence electrons. The van der Waals surface area contributed by atoms with Crippen LogP contribution in [0.1, 0.15) is 21.6 Å². The summed E-state index contributed by atoms with van der Waals surface area (Å²) in [4.78, 5) is 20.8. The molecule has 2 aromatic carbocycles. The third-order valence-electron chi connectivity index (χ3n) is 3.94. The lowest BCUT2D eigenvalue weighted by Gasteiger charge is -2.13. The molecular formula is C20H19ClN4O2. The fourth-order valence-corrected chi connectivity index (χ4v) is 3.05. The number of aryl methyl sites for hydroxylation is 2. The van der Waals surface area contributed by atoms with Crippen LogP contribution in [0.4, 0.5) is 17.2 Å². The summed E-state index contributed by atoms with van der Waals surface area (Å²) in [5.41, 5.74) is 3.59. The van der Waals surface area contributed by atoms with E-state index < -0.39 is 0 Å². The van der Waals surface area contributed by atoms with Crippen LogP contribution in [0.15, 0.2) is 48.8 Å². The molecule has 0 aliphatic rings. The Kier molecular flexibility index (Phi) is 5.57. The van der Waals surface area contributed by atoms with Crippen molar-refractivity contribution in [2.45, 2.75) is 13.8 Å². The molecular weight excluding hydrogens is 364 g/mol. The maximum atomic E-state index is 12.6. The smallest absolute Gasteiger partial charge is 0.274 e. The molecule has 0 aliphatic carbocycles. The molecule has 0 saturated heterocycles. The summed E-state index contributed by atoms with van der Waals surface area (Å²) in [6.07, 6.45) is 1.33. The van der Waals surface area contributed by atoms with Crippen LogP contribution in [0, 0.1) is 13.8 Å². The Hall–Kier alpha value is -3.12. The van der Waals surface area contributed by atoms with Gasteiger partial charge in [-0.05, 0) is 43.2 Å². The predicted molar refractivity (Wildman–Crippen MR) is 107 cm³/mol. The van der Waals surface area contributed by atoms with E-state index >= 15 is 0 Å². The van der Waals surface area contributed by atoms with E-state index in [2.05, 4.69) is 20.6 Å². The average Bonchev–Trinajstić information content (AvgIpc) is 2.65. The highest BCUT2D eigenvalue weighted by Crippen LogP contribution is 2.30. The molecule has 6 nitrogen and oxygen atoms in total. The van der Waals surface area contributed by atoms with E-state index in [4.69, 9.17) is 16.3 Å². The normalized spacial score (nSPS) is 10.4. The Labute approximate surface area is 162 Å². The van der Waals surface area contributed by atoms with Gasteiger partial charge in [-0.2, -0.15) is 0 Å². The minimum absolute atomic E-state index is 0.222. The van der Waals surface area contributed by atoms with Crippen molar-refractivity contribution < 1.29 is 9.53 Å². The number of amides is 1. The maximum absolute atomic E-state index is 12.6. The second-order valence-electron chi connectivity index (χ2n) is 6.01. The first-order valence-corrected chi connectivity index (χ1v) is 8.66. The van der Waals surface area contributed by atoms with Crippen LogP contribution in [0.3, 0.4) is 0 Å². The molecule has 0 radical (unpaired) electrons. The molecule has 1 aromatic heterocycles. The summed E-state index contributed by atoms with van der Waals surface area (Å²) >= 11 is 6.33. The zero-order valence-corrected chi connectivity index (χ0v) is 16.0. The maximum Gasteiger partial charge on any atom is 0.274 e. The van der Waals surface area contributed by atoms with Crippen molar-refractivity contribution in [1.82, 2.24) is 9.97 Å². The number of anilines is 3. The van der Waals surface area contributed by atoms with Gasteiger partial charge in [-0.1, -0.05) is 29.8 Å². The van der Waals surface area contributed by atoms with E-state index in [0.29, 0.717) is 22.3 Å². The number of ether oxygens (including phenoxy) is 1. The minimum Gasteiger partial charge on any atom is -0.495 e. The van der Waals surface area contributed by atoms with Gasteiger partial charge in [0.1, 0.15) is 23.6 Å². The van der Waals surface area contributed by atoms with Gasteiger partial charge in [-0.3, -0.25) is 4.79 Å². The first-order valence-electron chi connectivity index (χ1n) is 8.28. The monoisotopic (exact) mass is 382 g/mol. The van der Waals surface area contributed by atoms with E-state index in [1.54, 1.807) is 25.3 Å². The van der Waals surface area contributed by atoms with E-state index in [-0.39, 0.29) is 11.6 Å². The number of benzene rings is 2. The van der Waals surface area contributed by atoms with Crippen molar-refractivity contribution in [2.75, 3.05) is 17.7 Å². The van der Waals surface area contributed by atoms with E-state index in [0.717, 1.165) is 16.8 Å². The Morgan fingerprint density at radius 1 is 1.11 bits per heavy atom. The number of aromatic nitrogens is 2. The zero-order chi connectivity index (χ0) is 19.4. The lowest BCUT2D eigenvalue weighted by atomic mass is 10.1. The Morgan fingerprint density at radius 2 is 1.89 bits per heavy atom. The van der Waals surface area contributed by atoms with Crippen LogP contribution in [0.25, 0.3) is 0 Å². The molecule has 1 amide bonds. The number of rotatable bonds is 5. The summed E-state index contributed by atoms with van der Waals surface area (Å²) < 4.78 is 5.25. The van der Waals surface area contributed by atoms with Gasteiger partial charge in [-0.25, -0.2) is 9.97 Å². The molecule has 1 heterocycles. The van der Waals surface area contributed by atoms with Gasteiger partial charge in [0.2, 0.25) is 0 Å². The second kappa shape index (κ2) is 8.05. The first-order chi connectivity index (χ1) is 13.0. The third kappa shape index (κ3) is 4.35. The molecule has 7 heteroatoms. The number of carbonyl (C=O) groups is 1. The number of nitrogens with one attached hydrogen (secondary N) is 2. The van der Waals surface area contributed by atoms with E-state index in [1.165, 1.54) is 6.33 Å². The molecule has 0 unspecified atom stereocenters. The summed E-state index contributed by atoms with van der Waals surface area (Å²) in [5, 5.41) is 6.54. The summed E-state index contributed by atoms with van der Waals surface area (Å²) in [6.45, 7) is 3.94. The molecule has 0 fully saturated rings. The van der Waals surface area contributed by atoms with Crippen molar-refractivity contribution in [3.05, 3.63) is 70.6 Å². The fraction of sp³-hybridized carbons (Fsp3) is 0.150. The van der Waals surface area contributed by atoms with E-state index in [1.807, 2.05) is 38.1 Å².